The number of rotatable bonds is 0. The molecule has 0 saturated carbocycles. The predicted molar refractivity (Wildman–Crippen MR) is 31.0 cm³/mol. The normalized spacial score (nSPS) is 12.6. The van der Waals surface area contributed by atoms with Crippen molar-refractivity contribution in [3.63, 3.8) is 0 Å². The zero-order valence-corrected chi connectivity index (χ0v) is 8.26. The number of hydrogen-bond acceptors (Lipinski definition) is 0. The van der Waals surface area contributed by atoms with E-state index in [4.69, 9.17) is 0 Å². The van der Waals surface area contributed by atoms with Crippen LogP contribution in [0.2, 0.25) is 0 Å². The van der Waals surface area contributed by atoms with Crippen LogP contribution >= 0.6 is 12.4 Å². The molecule has 1 rings (SSSR count). The van der Waals surface area contributed by atoms with Gasteiger partial charge in [-0.3, -0.25) is 6.08 Å². The van der Waals surface area contributed by atoms with Gasteiger partial charge in [0, 0.05) is 25.8 Å². The Morgan fingerprint density at radius 1 is 1.57 bits per heavy atom. The van der Waals surface area contributed by atoms with Crippen molar-refractivity contribution in [2.75, 3.05) is 0 Å². The van der Waals surface area contributed by atoms with Crippen LogP contribution in [0, 0.1) is 6.08 Å². The molecule has 7 heavy (non-hydrogen) atoms. The van der Waals surface area contributed by atoms with Crippen LogP contribution in [0.15, 0.2) is 18.2 Å². The molecule has 0 atom stereocenters. The average molecular weight is 282 g/mol. The first kappa shape index (κ1) is 10.6. The van der Waals surface area contributed by atoms with Crippen LogP contribution < -0.4 is 0 Å². The van der Waals surface area contributed by atoms with Gasteiger partial charge in [-0.2, -0.15) is 6.08 Å². The number of allylic oxidation sites excluding steroid dienone is 4. The number of hydrogen-bond donors (Lipinski definition) is 0. The van der Waals surface area contributed by atoms with Gasteiger partial charge in [-0.25, -0.2) is 12.2 Å². The van der Waals surface area contributed by atoms with Crippen molar-refractivity contribution >= 4 is 12.4 Å². The van der Waals surface area contributed by atoms with E-state index in [2.05, 4.69) is 12.2 Å². The van der Waals surface area contributed by atoms with Gasteiger partial charge in [0.2, 0.25) is 0 Å². The maximum Gasteiger partial charge on any atom is 0 e. The van der Waals surface area contributed by atoms with Gasteiger partial charge in [-0.15, -0.1) is 18.8 Å². The van der Waals surface area contributed by atoms with E-state index in [0.717, 1.165) is 6.42 Å². The largest absolute Gasteiger partial charge is 1.00 e. The van der Waals surface area contributed by atoms with Crippen LogP contribution in [0.5, 0.6) is 0 Å². The van der Waals surface area contributed by atoms with E-state index >= 15 is 0 Å². The molecular weight excluding hydrogens is 274 g/mol. The first-order chi connectivity index (χ1) is 2.50. The van der Waals surface area contributed by atoms with Crippen LogP contribution in [0.3, 0.4) is 0 Å². The first-order valence-corrected chi connectivity index (χ1v) is 1.72. The molecule has 0 saturated heterocycles. The maximum atomic E-state index is 2.99. The Morgan fingerprint density at radius 2 is 2.29 bits per heavy atom. The van der Waals surface area contributed by atoms with Crippen molar-refractivity contribution in [2.45, 2.75) is 6.42 Å². The van der Waals surface area contributed by atoms with Crippen LogP contribution in [-0.4, -0.2) is 0 Å². The van der Waals surface area contributed by atoms with Gasteiger partial charge < -0.3 is 2.85 Å². The van der Waals surface area contributed by atoms with Crippen molar-refractivity contribution < 1.29 is 28.7 Å². The van der Waals surface area contributed by atoms with Crippen molar-refractivity contribution in [3.8, 4) is 0 Å². The third kappa shape index (κ3) is 4.49. The molecule has 0 bridgehead atoms. The monoisotopic (exact) mass is 283 g/mol. The Kier molecular flexibility index (Phi) is 10.0. The van der Waals surface area contributed by atoms with Gasteiger partial charge >= 0.3 is 0 Å². The van der Waals surface area contributed by atoms with Gasteiger partial charge in [-0.05, 0) is 0 Å². The summed E-state index contributed by atoms with van der Waals surface area (Å²) in [5.74, 6) is 0. The van der Waals surface area contributed by atoms with Crippen LogP contribution in [0.4, 0.5) is 0 Å². The molecule has 0 heterocycles. The van der Waals surface area contributed by atoms with E-state index < -0.39 is 0 Å². The fraction of sp³-hybridized carbons (Fsp3) is 0.200. The molecule has 0 fully saturated rings. The van der Waals surface area contributed by atoms with Gasteiger partial charge in [-0.1, -0.05) is 0 Å². The molecule has 1 aliphatic rings. The number of halogens is 1. The molecule has 0 N–H and O–H groups in total. The van der Waals surface area contributed by atoms with E-state index in [0.29, 0.717) is 0 Å². The second-order valence-corrected chi connectivity index (χ2v) is 1.00. The molecular formula is C5H8ClHf-3. The van der Waals surface area contributed by atoms with Crippen molar-refractivity contribution in [3.05, 3.63) is 24.3 Å². The van der Waals surface area contributed by atoms with E-state index in [9.17, 15) is 0 Å². The molecule has 42 valence electrons. The molecule has 0 nitrogen and oxygen atoms in total. The van der Waals surface area contributed by atoms with Crippen molar-refractivity contribution in [2.24, 2.45) is 0 Å². The Labute approximate surface area is 71.8 Å². The molecule has 0 aromatic heterocycles. The SMILES string of the molecule is Cl.[C-]1=CC=CC1.[H-].[H-].[Hf]. The Hall–Kier alpha value is 0.640. The predicted octanol–water partition coefficient (Wildman–Crippen LogP) is 1.95. The summed E-state index contributed by atoms with van der Waals surface area (Å²) in [6.45, 7) is 0. The zero-order valence-electron chi connectivity index (χ0n) is 5.85. The smallest absolute Gasteiger partial charge is 0 e. The fourth-order valence-corrected chi connectivity index (χ4v) is 0.340. The Bertz CT molecular complexity index is 73.0. The molecule has 0 aliphatic heterocycles. The van der Waals surface area contributed by atoms with Crippen LogP contribution in [-0.2, 0) is 25.8 Å². The minimum Gasteiger partial charge on any atom is -1.00 e. The third-order valence-corrected chi connectivity index (χ3v) is 0.586. The fourth-order valence-electron chi connectivity index (χ4n) is 0.340. The molecule has 0 unspecified atom stereocenters. The van der Waals surface area contributed by atoms with Gasteiger partial charge in [0.15, 0.2) is 0 Å². The second-order valence-electron chi connectivity index (χ2n) is 1.00. The summed E-state index contributed by atoms with van der Waals surface area (Å²) < 4.78 is 0. The third-order valence-electron chi connectivity index (χ3n) is 0.586. The second kappa shape index (κ2) is 6.64. The van der Waals surface area contributed by atoms with Gasteiger partial charge in [0.1, 0.15) is 0 Å². The molecule has 0 aromatic carbocycles. The quantitative estimate of drug-likeness (QED) is 0.470. The van der Waals surface area contributed by atoms with Gasteiger partial charge in [0.25, 0.3) is 0 Å². The minimum absolute atomic E-state index is 0. The topological polar surface area (TPSA) is 0 Å². The zero-order chi connectivity index (χ0) is 3.54. The summed E-state index contributed by atoms with van der Waals surface area (Å²) in [7, 11) is 0. The first-order valence-electron chi connectivity index (χ1n) is 1.72. The Balaban J connectivity index is -0.0000000312. The summed E-state index contributed by atoms with van der Waals surface area (Å²) in [4.78, 5) is 0. The molecule has 0 aromatic rings. The Morgan fingerprint density at radius 3 is 2.43 bits per heavy atom. The van der Waals surface area contributed by atoms with Crippen molar-refractivity contribution in [1.82, 2.24) is 0 Å². The average Bonchev–Trinajstić information content (AvgIpc) is 1.76. The van der Waals surface area contributed by atoms with Gasteiger partial charge in [0.05, 0.1) is 0 Å². The van der Waals surface area contributed by atoms with E-state index in [-0.39, 0.29) is 41.1 Å². The maximum absolute atomic E-state index is 2.99. The minimum atomic E-state index is 0. The molecule has 0 radical (unpaired) electrons. The molecule has 0 amide bonds. The summed E-state index contributed by atoms with van der Waals surface area (Å²) in [5.41, 5.74) is 0. The summed E-state index contributed by atoms with van der Waals surface area (Å²) in [5, 5.41) is 0. The van der Waals surface area contributed by atoms with Crippen molar-refractivity contribution in [1.29, 1.82) is 0 Å². The summed E-state index contributed by atoms with van der Waals surface area (Å²) >= 11 is 0. The standard InChI is InChI=1S/C5H5.ClH.Hf.2H/c1-2-4-5-3-1;;;;/h1-3H,4H2;1H;;;/q-1;;;2*-1. The molecule has 1 aliphatic carbocycles. The van der Waals surface area contributed by atoms with E-state index in [1.165, 1.54) is 0 Å². The van der Waals surface area contributed by atoms with Crippen LogP contribution in [0.1, 0.15) is 9.27 Å². The molecule has 2 heteroatoms. The summed E-state index contributed by atoms with van der Waals surface area (Å²) in [6.07, 6.45) is 10.0. The van der Waals surface area contributed by atoms with E-state index in [1.54, 1.807) is 0 Å². The van der Waals surface area contributed by atoms with E-state index in [1.807, 2.05) is 12.2 Å². The molecule has 0 spiro atoms. The summed E-state index contributed by atoms with van der Waals surface area (Å²) in [6, 6.07) is 0. The van der Waals surface area contributed by atoms with Crippen LogP contribution in [0.25, 0.3) is 0 Å².